The first-order valence-corrected chi connectivity index (χ1v) is 6.06. The molecule has 2 heterocycles. The van der Waals surface area contributed by atoms with Gasteiger partial charge in [-0.3, -0.25) is 5.43 Å². The van der Waals surface area contributed by atoms with E-state index in [1.54, 1.807) is 12.5 Å². The van der Waals surface area contributed by atoms with Gasteiger partial charge in [-0.1, -0.05) is 0 Å². The summed E-state index contributed by atoms with van der Waals surface area (Å²) in [5.41, 5.74) is 2.40. The van der Waals surface area contributed by atoms with Crippen LogP contribution in [0.15, 0.2) is 17.0 Å². The van der Waals surface area contributed by atoms with Crippen LogP contribution in [0.25, 0.3) is 0 Å². The van der Waals surface area contributed by atoms with Crippen LogP contribution in [0.2, 0.25) is 0 Å². The van der Waals surface area contributed by atoms with Gasteiger partial charge in [0.05, 0.1) is 4.47 Å². The number of halogens is 1. The topological polar surface area (TPSA) is 107 Å². The Bertz CT molecular complexity index is 525. The summed E-state index contributed by atoms with van der Waals surface area (Å²) in [5.74, 6) is 7.20. The van der Waals surface area contributed by atoms with E-state index in [4.69, 9.17) is 5.84 Å². The number of aromatic nitrogens is 5. The summed E-state index contributed by atoms with van der Waals surface area (Å²) in [6.07, 6.45) is 4.05. The number of rotatable bonds is 5. The summed E-state index contributed by atoms with van der Waals surface area (Å²) in [7, 11) is 1.91. The van der Waals surface area contributed by atoms with Gasteiger partial charge in [-0.25, -0.2) is 10.8 Å². The van der Waals surface area contributed by atoms with Crippen molar-refractivity contribution in [2.45, 2.75) is 6.42 Å². The van der Waals surface area contributed by atoms with Gasteiger partial charge in [0.25, 0.3) is 0 Å². The first-order valence-electron chi connectivity index (χ1n) is 5.26. The van der Waals surface area contributed by atoms with Crippen LogP contribution in [0.1, 0.15) is 5.82 Å². The molecule has 0 aromatic carbocycles. The molecule has 4 N–H and O–H groups in total. The highest BCUT2D eigenvalue weighted by Gasteiger charge is 2.05. The minimum Gasteiger partial charge on any atom is -0.369 e. The molecule has 18 heavy (non-hydrogen) atoms. The van der Waals surface area contributed by atoms with Crippen LogP contribution in [-0.4, -0.2) is 31.3 Å². The van der Waals surface area contributed by atoms with E-state index < -0.39 is 0 Å². The molecule has 0 aliphatic rings. The molecule has 0 saturated heterocycles. The van der Waals surface area contributed by atoms with Crippen molar-refractivity contribution in [3.63, 3.8) is 0 Å². The third-order valence-corrected chi connectivity index (χ3v) is 2.90. The fraction of sp³-hybridized carbons (Fsp3) is 0.333. The van der Waals surface area contributed by atoms with Gasteiger partial charge in [0, 0.05) is 26.2 Å². The molecule has 2 aromatic rings. The minimum atomic E-state index is 0.361. The Hall–Kier alpha value is -1.74. The highest BCUT2D eigenvalue weighted by Crippen LogP contribution is 2.19. The molecule has 2 aromatic heterocycles. The second-order valence-corrected chi connectivity index (χ2v) is 4.42. The van der Waals surface area contributed by atoms with Gasteiger partial charge in [0.2, 0.25) is 5.95 Å². The van der Waals surface area contributed by atoms with Gasteiger partial charge in [-0.15, -0.1) is 10.2 Å². The molecule has 0 unspecified atom stereocenters. The fourth-order valence-electron chi connectivity index (χ4n) is 1.39. The molecule has 0 aliphatic carbocycles. The molecule has 0 radical (unpaired) electrons. The molecular weight excluding hydrogens is 300 g/mol. The van der Waals surface area contributed by atoms with Crippen LogP contribution < -0.4 is 16.6 Å². The number of nitrogen functional groups attached to an aromatic ring is 1. The summed E-state index contributed by atoms with van der Waals surface area (Å²) in [6.45, 7) is 0.687. The quantitative estimate of drug-likeness (QED) is 0.538. The van der Waals surface area contributed by atoms with Gasteiger partial charge >= 0.3 is 0 Å². The van der Waals surface area contributed by atoms with Crippen molar-refractivity contribution < 1.29 is 0 Å². The number of nitrogens with one attached hydrogen (secondary N) is 2. The van der Waals surface area contributed by atoms with E-state index in [-0.39, 0.29) is 0 Å². The Morgan fingerprint density at radius 3 is 3.00 bits per heavy atom. The lowest BCUT2D eigenvalue weighted by Gasteiger charge is -2.08. The Morgan fingerprint density at radius 2 is 2.33 bits per heavy atom. The van der Waals surface area contributed by atoms with Crippen LogP contribution in [0.4, 0.5) is 11.8 Å². The smallest absolute Gasteiger partial charge is 0.239 e. The first kappa shape index (κ1) is 12.7. The number of hydrogen-bond acceptors (Lipinski definition) is 7. The molecule has 0 atom stereocenters. The molecule has 0 amide bonds. The van der Waals surface area contributed by atoms with Gasteiger partial charge in [-0.05, 0) is 15.9 Å². The van der Waals surface area contributed by atoms with Crippen LogP contribution in [0.3, 0.4) is 0 Å². The number of hydrazine groups is 1. The molecule has 9 heteroatoms. The Labute approximate surface area is 112 Å². The van der Waals surface area contributed by atoms with Crippen molar-refractivity contribution in [3.8, 4) is 0 Å². The third-order valence-electron chi connectivity index (χ3n) is 2.32. The molecular formula is C9H13BrN8. The number of nitrogens with zero attached hydrogens (tertiary/aromatic N) is 5. The maximum absolute atomic E-state index is 5.25. The van der Waals surface area contributed by atoms with Crippen molar-refractivity contribution in [2.75, 3.05) is 17.3 Å². The number of aryl methyl sites for hydroxylation is 1. The zero-order chi connectivity index (χ0) is 13.0. The monoisotopic (exact) mass is 312 g/mol. The number of hydrogen-bond donors (Lipinski definition) is 3. The van der Waals surface area contributed by atoms with E-state index in [0.29, 0.717) is 18.3 Å². The molecule has 96 valence electrons. The number of anilines is 2. The van der Waals surface area contributed by atoms with E-state index in [1.165, 1.54) is 0 Å². The summed E-state index contributed by atoms with van der Waals surface area (Å²) >= 11 is 3.36. The normalized spacial score (nSPS) is 10.4. The van der Waals surface area contributed by atoms with Crippen molar-refractivity contribution in [3.05, 3.63) is 22.8 Å². The van der Waals surface area contributed by atoms with Crippen LogP contribution in [0, 0.1) is 0 Å². The standard InChI is InChI=1S/C9H13BrN8/c1-18-5-14-17-7(18)2-3-12-8-6(10)4-13-9(15-8)16-11/h4-5H,2-3,11H2,1H3,(H2,12,13,15,16). The molecule has 0 spiro atoms. The maximum atomic E-state index is 5.25. The SMILES string of the molecule is Cn1cnnc1CCNc1nc(NN)ncc1Br. The van der Waals surface area contributed by atoms with Crippen molar-refractivity contribution >= 4 is 27.7 Å². The highest BCUT2D eigenvalue weighted by atomic mass is 79.9. The average Bonchev–Trinajstić information content (AvgIpc) is 2.77. The summed E-state index contributed by atoms with van der Waals surface area (Å²) < 4.78 is 2.66. The zero-order valence-corrected chi connectivity index (χ0v) is 11.3. The van der Waals surface area contributed by atoms with Gasteiger partial charge in [0.1, 0.15) is 18.0 Å². The third kappa shape index (κ3) is 2.93. The molecule has 0 bridgehead atoms. The first-order chi connectivity index (χ1) is 8.70. The molecule has 8 nitrogen and oxygen atoms in total. The molecule has 0 aliphatic heterocycles. The minimum absolute atomic E-state index is 0.361. The number of nitrogens with two attached hydrogens (primary N) is 1. The van der Waals surface area contributed by atoms with Gasteiger partial charge < -0.3 is 9.88 Å². The second kappa shape index (κ2) is 5.74. The molecule has 0 saturated carbocycles. The largest absolute Gasteiger partial charge is 0.369 e. The Kier molecular flexibility index (Phi) is 4.05. The fourth-order valence-corrected chi connectivity index (χ4v) is 1.72. The van der Waals surface area contributed by atoms with Crippen LogP contribution in [0.5, 0.6) is 0 Å². The van der Waals surface area contributed by atoms with Crippen molar-refractivity contribution in [1.82, 2.24) is 24.7 Å². The Morgan fingerprint density at radius 1 is 1.50 bits per heavy atom. The summed E-state index contributed by atoms with van der Waals surface area (Å²) in [5, 5.41) is 11.0. The second-order valence-electron chi connectivity index (χ2n) is 3.57. The Balaban J connectivity index is 1.96. The van der Waals surface area contributed by atoms with Gasteiger partial charge in [-0.2, -0.15) is 4.98 Å². The summed E-state index contributed by atoms with van der Waals surface area (Å²) in [6, 6.07) is 0. The average molecular weight is 313 g/mol. The maximum Gasteiger partial charge on any atom is 0.239 e. The van der Waals surface area contributed by atoms with E-state index in [9.17, 15) is 0 Å². The summed E-state index contributed by atoms with van der Waals surface area (Å²) in [4.78, 5) is 8.15. The van der Waals surface area contributed by atoms with Crippen molar-refractivity contribution in [1.29, 1.82) is 0 Å². The van der Waals surface area contributed by atoms with E-state index in [2.05, 4.69) is 46.8 Å². The van der Waals surface area contributed by atoms with Gasteiger partial charge in [0.15, 0.2) is 0 Å². The van der Waals surface area contributed by atoms with E-state index in [1.807, 2.05) is 11.6 Å². The molecule has 2 rings (SSSR count). The lowest BCUT2D eigenvalue weighted by Crippen LogP contribution is -2.14. The predicted octanol–water partition coefficient (Wildman–Crippen LogP) is 0.308. The van der Waals surface area contributed by atoms with Crippen LogP contribution >= 0.6 is 15.9 Å². The predicted molar refractivity (Wildman–Crippen MR) is 70.7 cm³/mol. The highest BCUT2D eigenvalue weighted by molar-refractivity contribution is 9.10. The van der Waals surface area contributed by atoms with E-state index >= 15 is 0 Å². The lowest BCUT2D eigenvalue weighted by atomic mass is 10.4. The molecule has 0 fully saturated rings. The van der Waals surface area contributed by atoms with Crippen molar-refractivity contribution in [2.24, 2.45) is 12.9 Å². The van der Waals surface area contributed by atoms with Crippen LogP contribution in [-0.2, 0) is 13.5 Å². The lowest BCUT2D eigenvalue weighted by molar-refractivity contribution is 0.787. The zero-order valence-electron chi connectivity index (χ0n) is 9.76. The van der Waals surface area contributed by atoms with E-state index in [0.717, 1.165) is 16.7 Å².